The maximum absolute atomic E-state index is 12.2. The Morgan fingerprint density at radius 1 is 1.35 bits per heavy atom. The van der Waals surface area contributed by atoms with Gasteiger partial charge >= 0.3 is 5.97 Å². The van der Waals surface area contributed by atoms with Gasteiger partial charge in [-0.1, -0.05) is 26.7 Å². The first kappa shape index (κ1) is 17.1. The molecule has 7 heteroatoms. The first-order chi connectivity index (χ1) is 9.31. The summed E-state index contributed by atoms with van der Waals surface area (Å²) in [4.78, 5) is 10.9. The van der Waals surface area contributed by atoms with Gasteiger partial charge in [-0.05, 0) is 40.0 Å². The third-order valence-electron chi connectivity index (χ3n) is 3.19. The Bertz CT molecular complexity index is 582. The Balaban J connectivity index is 2.95. The molecule has 1 aromatic rings. The molecule has 0 aliphatic heterocycles. The van der Waals surface area contributed by atoms with E-state index < -0.39 is 16.0 Å². The van der Waals surface area contributed by atoms with Crippen molar-refractivity contribution >= 4 is 31.9 Å². The standard InChI is InChI=1S/C13H18BrNO4S/c1-3-9(4-2)8-15-20(18,19)12-6-5-10(13(16)17)7-11(12)14/h5-7,9,15H,3-4,8H2,1-2H3,(H,16,17). The van der Waals surface area contributed by atoms with Crippen molar-refractivity contribution in [1.29, 1.82) is 0 Å². The predicted octanol–water partition coefficient (Wildman–Crippen LogP) is 2.86. The molecule has 1 rings (SSSR count). The van der Waals surface area contributed by atoms with Crippen LogP contribution in [0.15, 0.2) is 27.6 Å². The second-order valence-electron chi connectivity index (χ2n) is 4.48. The number of carboxylic acids is 1. The molecule has 0 aliphatic rings. The molecule has 20 heavy (non-hydrogen) atoms. The van der Waals surface area contributed by atoms with Gasteiger partial charge in [0.2, 0.25) is 10.0 Å². The second kappa shape index (κ2) is 7.19. The number of sulfonamides is 1. The van der Waals surface area contributed by atoms with Crippen LogP contribution in [0.25, 0.3) is 0 Å². The summed E-state index contributed by atoms with van der Waals surface area (Å²) in [5, 5.41) is 8.86. The van der Waals surface area contributed by atoms with Crippen LogP contribution in [-0.4, -0.2) is 26.0 Å². The fourth-order valence-electron chi connectivity index (χ4n) is 1.73. The number of hydrogen-bond acceptors (Lipinski definition) is 3. The highest BCUT2D eigenvalue weighted by atomic mass is 79.9. The van der Waals surface area contributed by atoms with Crippen LogP contribution >= 0.6 is 15.9 Å². The minimum Gasteiger partial charge on any atom is -0.478 e. The molecule has 0 heterocycles. The third kappa shape index (κ3) is 4.29. The van der Waals surface area contributed by atoms with Crippen molar-refractivity contribution in [2.75, 3.05) is 6.54 Å². The molecule has 0 aromatic heterocycles. The smallest absolute Gasteiger partial charge is 0.335 e. The fraction of sp³-hybridized carbons (Fsp3) is 0.462. The Morgan fingerprint density at radius 3 is 2.40 bits per heavy atom. The third-order valence-corrected chi connectivity index (χ3v) is 5.59. The summed E-state index contributed by atoms with van der Waals surface area (Å²) < 4.78 is 27.2. The molecular formula is C13H18BrNO4S. The van der Waals surface area contributed by atoms with Gasteiger partial charge in [0.1, 0.15) is 0 Å². The van der Waals surface area contributed by atoms with Crippen molar-refractivity contribution < 1.29 is 18.3 Å². The molecular weight excluding hydrogens is 346 g/mol. The molecule has 0 bridgehead atoms. The maximum Gasteiger partial charge on any atom is 0.335 e. The molecule has 1 aromatic carbocycles. The highest BCUT2D eigenvalue weighted by molar-refractivity contribution is 9.10. The number of benzene rings is 1. The van der Waals surface area contributed by atoms with Gasteiger partial charge in [-0.15, -0.1) is 0 Å². The first-order valence-corrected chi connectivity index (χ1v) is 8.62. The molecule has 5 nitrogen and oxygen atoms in total. The van der Waals surface area contributed by atoms with Gasteiger partial charge in [-0.3, -0.25) is 0 Å². The van der Waals surface area contributed by atoms with Gasteiger partial charge in [0.15, 0.2) is 0 Å². The van der Waals surface area contributed by atoms with Crippen LogP contribution in [0, 0.1) is 5.92 Å². The van der Waals surface area contributed by atoms with Crippen molar-refractivity contribution in [2.24, 2.45) is 5.92 Å². The minimum atomic E-state index is -3.64. The van der Waals surface area contributed by atoms with Gasteiger partial charge in [0.25, 0.3) is 0 Å². The molecule has 0 spiro atoms. The van der Waals surface area contributed by atoms with Crippen molar-refractivity contribution in [3.05, 3.63) is 28.2 Å². The Morgan fingerprint density at radius 2 is 1.95 bits per heavy atom. The van der Waals surface area contributed by atoms with Gasteiger partial charge < -0.3 is 5.11 Å². The lowest BCUT2D eigenvalue weighted by Gasteiger charge is -2.14. The molecule has 0 atom stereocenters. The first-order valence-electron chi connectivity index (χ1n) is 6.34. The summed E-state index contributed by atoms with van der Waals surface area (Å²) in [5.74, 6) is -0.804. The van der Waals surface area contributed by atoms with E-state index in [1.165, 1.54) is 18.2 Å². The van der Waals surface area contributed by atoms with E-state index in [0.29, 0.717) is 12.5 Å². The molecule has 0 saturated heterocycles. The number of carboxylic acid groups (broad SMARTS) is 1. The summed E-state index contributed by atoms with van der Waals surface area (Å²) in [5.41, 5.74) is 0.0378. The number of nitrogens with one attached hydrogen (secondary N) is 1. The molecule has 0 amide bonds. The zero-order valence-electron chi connectivity index (χ0n) is 11.4. The maximum atomic E-state index is 12.2. The van der Waals surface area contributed by atoms with Crippen molar-refractivity contribution in [2.45, 2.75) is 31.6 Å². The number of aromatic carboxylic acids is 1. The van der Waals surface area contributed by atoms with Gasteiger partial charge in [-0.25, -0.2) is 17.9 Å². The summed E-state index contributed by atoms with van der Waals surface area (Å²) in [6, 6.07) is 3.86. The van der Waals surface area contributed by atoms with E-state index in [1.807, 2.05) is 13.8 Å². The van der Waals surface area contributed by atoms with E-state index in [4.69, 9.17) is 5.11 Å². The Labute approximate surface area is 127 Å². The van der Waals surface area contributed by atoms with Crippen LogP contribution in [-0.2, 0) is 10.0 Å². The van der Waals surface area contributed by atoms with Crippen LogP contribution in [0.3, 0.4) is 0 Å². The number of halogens is 1. The van der Waals surface area contributed by atoms with Crippen molar-refractivity contribution in [1.82, 2.24) is 4.72 Å². The second-order valence-corrected chi connectivity index (χ2v) is 7.07. The van der Waals surface area contributed by atoms with Crippen LogP contribution in [0.4, 0.5) is 0 Å². The van der Waals surface area contributed by atoms with E-state index in [1.54, 1.807) is 0 Å². The summed E-state index contributed by atoms with van der Waals surface area (Å²) >= 11 is 3.11. The SMILES string of the molecule is CCC(CC)CNS(=O)(=O)c1ccc(C(=O)O)cc1Br. The Kier molecular flexibility index (Phi) is 6.16. The van der Waals surface area contributed by atoms with Gasteiger partial charge in [0.05, 0.1) is 10.5 Å². The molecule has 0 saturated carbocycles. The normalized spacial score (nSPS) is 11.8. The monoisotopic (exact) mass is 363 g/mol. The van der Waals surface area contributed by atoms with Crippen LogP contribution in [0.5, 0.6) is 0 Å². The van der Waals surface area contributed by atoms with E-state index in [0.717, 1.165) is 12.8 Å². The van der Waals surface area contributed by atoms with E-state index in [9.17, 15) is 13.2 Å². The average molecular weight is 364 g/mol. The quantitative estimate of drug-likeness (QED) is 0.779. The molecule has 112 valence electrons. The highest BCUT2D eigenvalue weighted by Crippen LogP contribution is 2.23. The summed E-state index contributed by atoms with van der Waals surface area (Å²) in [6.07, 6.45) is 1.80. The Hall–Kier alpha value is -0.920. The lowest BCUT2D eigenvalue weighted by atomic mass is 10.0. The zero-order chi connectivity index (χ0) is 15.3. The average Bonchev–Trinajstić information content (AvgIpc) is 2.39. The van der Waals surface area contributed by atoms with Crippen molar-refractivity contribution in [3.63, 3.8) is 0 Å². The zero-order valence-corrected chi connectivity index (χ0v) is 13.8. The highest BCUT2D eigenvalue weighted by Gasteiger charge is 2.19. The van der Waals surface area contributed by atoms with Gasteiger partial charge in [-0.2, -0.15) is 0 Å². The summed E-state index contributed by atoms with van der Waals surface area (Å²) in [6.45, 7) is 4.41. The van der Waals surface area contributed by atoms with Crippen LogP contribution in [0.1, 0.15) is 37.0 Å². The molecule has 0 fully saturated rings. The largest absolute Gasteiger partial charge is 0.478 e. The van der Waals surface area contributed by atoms with Crippen LogP contribution < -0.4 is 4.72 Å². The summed E-state index contributed by atoms with van der Waals surface area (Å²) in [7, 11) is -3.64. The van der Waals surface area contributed by atoms with E-state index >= 15 is 0 Å². The van der Waals surface area contributed by atoms with Crippen molar-refractivity contribution in [3.8, 4) is 0 Å². The topological polar surface area (TPSA) is 83.5 Å². The minimum absolute atomic E-state index is 0.0378. The predicted molar refractivity (Wildman–Crippen MR) is 80.4 cm³/mol. The number of rotatable bonds is 7. The van der Waals surface area contributed by atoms with E-state index in [-0.39, 0.29) is 14.9 Å². The van der Waals surface area contributed by atoms with Crippen LogP contribution in [0.2, 0.25) is 0 Å². The molecule has 2 N–H and O–H groups in total. The number of carbonyl (C=O) groups is 1. The van der Waals surface area contributed by atoms with Gasteiger partial charge in [0, 0.05) is 11.0 Å². The van der Waals surface area contributed by atoms with E-state index in [2.05, 4.69) is 20.7 Å². The lowest BCUT2D eigenvalue weighted by Crippen LogP contribution is -2.29. The molecule has 0 aliphatic carbocycles. The number of hydrogen-bond donors (Lipinski definition) is 2. The molecule has 0 radical (unpaired) electrons. The fourth-order valence-corrected chi connectivity index (χ4v) is 3.93. The lowest BCUT2D eigenvalue weighted by molar-refractivity contribution is 0.0696. The molecule has 0 unspecified atom stereocenters.